The molecule has 1 saturated heterocycles. The predicted octanol–water partition coefficient (Wildman–Crippen LogP) is 2.35. The van der Waals surface area contributed by atoms with Crippen molar-refractivity contribution in [2.45, 2.75) is 32.2 Å². The number of fused-ring (bicyclic) bond motifs is 2. The second-order valence-corrected chi connectivity index (χ2v) is 7.70. The molecule has 4 rings (SSSR count). The summed E-state index contributed by atoms with van der Waals surface area (Å²) in [4.78, 5) is 50.9. The van der Waals surface area contributed by atoms with E-state index in [9.17, 15) is 19.2 Å². The molecule has 2 aromatic rings. The Hall–Kier alpha value is -3.68. The van der Waals surface area contributed by atoms with Gasteiger partial charge in [-0.1, -0.05) is 42.0 Å². The van der Waals surface area contributed by atoms with Gasteiger partial charge >= 0.3 is 12.1 Å². The molecule has 2 aliphatic rings. The Morgan fingerprint density at radius 1 is 1.13 bits per heavy atom. The predicted molar refractivity (Wildman–Crippen MR) is 110 cm³/mol. The smallest absolute Gasteiger partial charge is 0.319 e. The summed E-state index contributed by atoms with van der Waals surface area (Å²) in [6.07, 6.45) is 1.11. The van der Waals surface area contributed by atoms with Crippen LogP contribution in [0.25, 0.3) is 0 Å². The van der Waals surface area contributed by atoms with E-state index in [1.165, 1.54) is 0 Å². The van der Waals surface area contributed by atoms with Crippen molar-refractivity contribution >= 4 is 29.6 Å². The Kier molecular flexibility index (Phi) is 4.77. The molecule has 1 aliphatic heterocycles. The topological polar surface area (TPSA) is 108 Å². The van der Waals surface area contributed by atoms with E-state index in [2.05, 4.69) is 16.0 Å². The van der Waals surface area contributed by atoms with E-state index in [1.54, 1.807) is 6.07 Å². The molecule has 1 atom stereocenters. The Morgan fingerprint density at radius 3 is 2.67 bits per heavy atom. The molecule has 154 valence electrons. The van der Waals surface area contributed by atoms with Crippen molar-refractivity contribution in [2.24, 2.45) is 0 Å². The Bertz CT molecular complexity index is 1080. The highest BCUT2D eigenvalue weighted by Crippen LogP contribution is 2.41. The number of nitrogens with one attached hydrogen (secondary N) is 3. The van der Waals surface area contributed by atoms with E-state index >= 15 is 0 Å². The molecule has 0 radical (unpaired) electrons. The molecule has 8 heteroatoms. The standard InChI is InChI=1S/C22H22N4O4/c1-13-7-8-17(14(2)11-13)23-20(29)24-18(27)12-26-19(28)22(25-21(26)30)10-9-15-5-3-4-6-16(15)22/h3-8,11H,9-10,12H2,1-2H3,(H,25,30)(H2,23,24,27,29)/t22-/m1/s1. The van der Waals surface area contributed by atoms with Crippen molar-refractivity contribution in [1.82, 2.24) is 15.5 Å². The van der Waals surface area contributed by atoms with Crippen LogP contribution in [0.15, 0.2) is 42.5 Å². The molecule has 30 heavy (non-hydrogen) atoms. The molecule has 1 heterocycles. The van der Waals surface area contributed by atoms with Gasteiger partial charge in [0, 0.05) is 5.69 Å². The second kappa shape index (κ2) is 7.29. The summed E-state index contributed by atoms with van der Waals surface area (Å²) in [6, 6.07) is 11.6. The number of aryl methyl sites for hydroxylation is 3. The number of carbonyl (C=O) groups excluding carboxylic acids is 4. The minimum absolute atomic E-state index is 0.447. The van der Waals surface area contributed by atoms with Gasteiger partial charge in [0.05, 0.1) is 0 Å². The van der Waals surface area contributed by atoms with Crippen molar-refractivity contribution in [3.05, 3.63) is 64.7 Å². The minimum atomic E-state index is -1.13. The molecule has 0 saturated carbocycles. The van der Waals surface area contributed by atoms with E-state index in [0.717, 1.165) is 27.2 Å². The van der Waals surface area contributed by atoms with Crippen LogP contribution in [0.3, 0.4) is 0 Å². The van der Waals surface area contributed by atoms with Crippen LogP contribution in [0.5, 0.6) is 0 Å². The van der Waals surface area contributed by atoms with Crippen LogP contribution < -0.4 is 16.0 Å². The molecule has 0 aromatic heterocycles. The summed E-state index contributed by atoms with van der Waals surface area (Å²) in [6.45, 7) is 3.25. The number of amides is 6. The molecule has 8 nitrogen and oxygen atoms in total. The van der Waals surface area contributed by atoms with Crippen molar-refractivity contribution in [3.8, 4) is 0 Å². The Morgan fingerprint density at radius 2 is 1.90 bits per heavy atom. The molecular formula is C22H22N4O4. The zero-order chi connectivity index (χ0) is 21.5. The lowest BCUT2D eigenvalue weighted by atomic mass is 9.92. The number of urea groups is 2. The molecule has 3 N–H and O–H groups in total. The summed E-state index contributed by atoms with van der Waals surface area (Å²) in [5, 5.41) is 7.53. The molecule has 1 fully saturated rings. The third-order valence-corrected chi connectivity index (χ3v) is 5.61. The number of imide groups is 2. The third kappa shape index (κ3) is 3.30. The van der Waals surface area contributed by atoms with Gasteiger partial charge in [0.2, 0.25) is 5.91 Å². The summed E-state index contributed by atoms with van der Waals surface area (Å²) >= 11 is 0. The molecular weight excluding hydrogens is 384 g/mol. The first kappa shape index (κ1) is 19.6. The SMILES string of the molecule is Cc1ccc(NC(=O)NC(=O)CN2C(=O)N[C@@]3(CCc4ccccc43)C2=O)c(C)c1. The van der Waals surface area contributed by atoms with Gasteiger partial charge in [-0.15, -0.1) is 0 Å². The van der Waals surface area contributed by atoms with Crippen LogP contribution in [0.1, 0.15) is 28.7 Å². The first-order chi connectivity index (χ1) is 14.3. The van der Waals surface area contributed by atoms with Gasteiger partial charge in [0.1, 0.15) is 12.1 Å². The molecule has 0 bridgehead atoms. The van der Waals surface area contributed by atoms with Gasteiger partial charge in [-0.3, -0.25) is 19.8 Å². The van der Waals surface area contributed by atoms with Crippen molar-refractivity contribution in [2.75, 3.05) is 11.9 Å². The number of hydrogen-bond donors (Lipinski definition) is 3. The van der Waals surface area contributed by atoms with Gasteiger partial charge in [0.25, 0.3) is 5.91 Å². The number of hydrogen-bond acceptors (Lipinski definition) is 4. The van der Waals surface area contributed by atoms with E-state index in [-0.39, 0.29) is 0 Å². The van der Waals surface area contributed by atoms with E-state index in [1.807, 2.05) is 50.2 Å². The highest BCUT2D eigenvalue weighted by Gasteiger charge is 2.55. The molecule has 2 aromatic carbocycles. The Labute approximate surface area is 173 Å². The lowest BCUT2D eigenvalue weighted by molar-refractivity contribution is -0.135. The number of benzene rings is 2. The van der Waals surface area contributed by atoms with Crippen LogP contribution in [0.2, 0.25) is 0 Å². The summed E-state index contributed by atoms with van der Waals surface area (Å²) in [5.41, 5.74) is 3.12. The number of rotatable bonds is 3. The van der Waals surface area contributed by atoms with Crippen molar-refractivity contribution in [1.29, 1.82) is 0 Å². The summed E-state index contributed by atoms with van der Waals surface area (Å²) in [5.74, 6) is -1.22. The monoisotopic (exact) mass is 406 g/mol. The van der Waals surface area contributed by atoms with Crippen molar-refractivity contribution in [3.63, 3.8) is 0 Å². The van der Waals surface area contributed by atoms with E-state index in [0.29, 0.717) is 18.5 Å². The molecule has 1 aliphatic carbocycles. The third-order valence-electron chi connectivity index (χ3n) is 5.61. The highest BCUT2D eigenvalue weighted by atomic mass is 16.2. The van der Waals surface area contributed by atoms with Gasteiger partial charge in [-0.25, -0.2) is 9.59 Å². The molecule has 6 amide bonds. The maximum Gasteiger partial charge on any atom is 0.325 e. The first-order valence-corrected chi connectivity index (χ1v) is 9.71. The first-order valence-electron chi connectivity index (χ1n) is 9.71. The fourth-order valence-corrected chi connectivity index (χ4v) is 4.15. The average molecular weight is 406 g/mol. The quantitative estimate of drug-likeness (QED) is 0.680. The lowest BCUT2D eigenvalue weighted by Gasteiger charge is -2.22. The zero-order valence-corrected chi connectivity index (χ0v) is 16.7. The highest BCUT2D eigenvalue weighted by molar-refractivity contribution is 6.11. The zero-order valence-electron chi connectivity index (χ0n) is 16.7. The van der Waals surface area contributed by atoms with Crippen LogP contribution in [-0.4, -0.2) is 35.3 Å². The van der Waals surface area contributed by atoms with Crippen LogP contribution in [-0.2, 0) is 21.5 Å². The van der Waals surface area contributed by atoms with Crippen molar-refractivity contribution < 1.29 is 19.2 Å². The number of carbonyl (C=O) groups is 4. The number of anilines is 1. The van der Waals surface area contributed by atoms with Gasteiger partial charge < -0.3 is 10.6 Å². The summed E-state index contributed by atoms with van der Waals surface area (Å²) in [7, 11) is 0. The Balaban J connectivity index is 1.42. The largest absolute Gasteiger partial charge is 0.325 e. The minimum Gasteiger partial charge on any atom is -0.319 e. The van der Waals surface area contributed by atoms with Gasteiger partial charge in [-0.2, -0.15) is 0 Å². The van der Waals surface area contributed by atoms with E-state index in [4.69, 9.17) is 0 Å². The summed E-state index contributed by atoms with van der Waals surface area (Å²) < 4.78 is 0. The maximum atomic E-state index is 13.1. The lowest BCUT2D eigenvalue weighted by Crippen LogP contribution is -2.45. The normalized spacial score (nSPS) is 19.6. The fourth-order valence-electron chi connectivity index (χ4n) is 4.15. The molecule has 0 unspecified atom stereocenters. The average Bonchev–Trinajstić information content (AvgIpc) is 3.18. The van der Waals surface area contributed by atoms with Crippen LogP contribution in [0, 0.1) is 13.8 Å². The van der Waals surface area contributed by atoms with E-state index < -0.39 is 36.0 Å². The molecule has 1 spiro atoms. The number of nitrogens with zero attached hydrogens (tertiary/aromatic N) is 1. The van der Waals surface area contributed by atoms with Crippen LogP contribution >= 0.6 is 0 Å². The fraction of sp³-hybridized carbons (Fsp3) is 0.273. The maximum absolute atomic E-state index is 13.1. The second-order valence-electron chi connectivity index (χ2n) is 7.70. The van der Waals surface area contributed by atoms with Gasteiger partial charge in [-0.05, 0) is 49.4 Å². The van der Waals surface area contributed by atoms with Gasteiger partial charge in [0.15, 0.2) is 0 Å². The van der Waals surface area contributed by atoms with Crippen LogP contribution in [0.4, 0.5) is 15.3 Å².